The quantitative estimate of drug-likeness (QED) is 0.941. The third kappa shape index (κ3) is 2.82. The summed E-state index contributed by atoms with van der Waals surface area (Å²) in [5.74, 6) is -0.284. The number of amides is 2. The number of urea groups is 1. The molecule has 1 aliphatic heterocycles. The van der Waals surface area contributed by atoms with Gasteiger partial charge in [-0.1, -0.05) is 23.5 Å². The third-order valence-corrected chi connectivity index (χ3v) is 4.80. The molecule has 0 atom stereocenters. The molecule has 2 amide bonds. The van der Waals surface area contributed by atoms with Crippen LogP contribution in [0.3, 0.4) is 0 Å². The molecule has 0 bridgehead atoms. The minimum atomic E-state index is -0.284. The molecule has 116 valence electrons. The van der Waals surface area contributed by atoms with Crippen molar-refractivity contribution in [3.63, 3.8) is 0 Å². The number of aliphatic hydroxyl groups excluding tert-OH is 1. The highest BCUT2D eigenvalue weighted by atomic mass is 32.1. The lowest BCUT2D eigenvalue weighted by Gasteiger charge is -2.16. The van der Waals surface area contributed by atoms with E-state index in [4.69, 9.17) is 0 Å². The Labute approximate surface area is 131 Å². The van der Waals surface area contributed by atoms with Gasteiger partial charge in [0.2, 0.25) is 0 Å². The SMILES string of the molecule is Cc1nc(N2CCN(Cc3ccc(F)cc3)C2=O)sc1CO. The maximum absolute atomic E-state index is 12.9. The number of hydrogen-bond acceptors (Lipinski definition) is 4. The zero-order valence-corrected chi connectivity index (χ0v) is 12.9. The Kier molecular flexibility index (Phi) is 4.08. The number of hydrogen-bond donors (Lipinski definition) is 1. The number of carbonyl (C=O) groups excluding carboxylic acids is 1. The average molecular weight is 321 g/mol. The first-order valence-corrected chi connectivity index (χ1v) is 7.78. The molecular formula is C15H16FN3O2S. The normalized spacial score (nSPS) is 15.0. The number of aromatic nitrogens is 1. The Hall–Kier alpha value is -1.99. The molecule has 1 aromatic heterocycles. The molecule has 2 aromatic rings. The Morgan fingerprint density at radius 1 is 1.32 bits per heavy atom. The van der Waals surface area contributed by atoms with E-state index in [0.29, 0.717) is 24.8 Å². The molecule has 22 heavy (non-hydrogen) atoms. The zero-order valence-electron chi connectivity index (χ0n) is 12.1. The van der Waals surface area contributed by atoms with E-state index in [2.05, 4.69) is 4.98 Å². The molecule has 1 N–H and O–H groups in total. The molecular weight excluding hydrogens is 305 g/mol. The second-order valence-corrected chi connectivity index (χ2v) is 6.21. The van der Waals surface area contributed by atoms with Gasteiger partial charge in [0.1, 0.15) is 5.82 Å². The van der Waals surface area contributed by atoms with Crippen LogP contribution in [0.2, 0.25) is 0 Å². The Morgan fingerprint density at radius 3 is 2.68 bits per heavy atom. The van der Waals surface area contributed by atoms with Crippen LogP contribution in [-0.2, 0) is 13.2 Å². The highest BCUT2D eigenvalue weighted by Crippen LogP contribution is 2.29. The molecule has 0 unspecified atom stereocenters. The Morgan fingerprint density at radius 2 is 2.05 bits per heavy atom. The van der Waals surface area contributed by atoms with E-state index < -0.39 is 0 Å². The molecule has 1 aliphatic rings. The molecule has 1 fully saturated rings. The number of carbonyl (C=O) groups is 1. The van der Waals surface area contributed by atoms with Crippen LogP contribution in [0.1, 0.15) is 16.1 Å². The van der Waals surface area contributed by atoms with Crippen molar-refractivity contribution in [2.45, 2.75) is 20.1 Å². The summed E-state index contributed by atoms with van der Waals surface area (Å²) in [5.41, 5.74) is 1.65. The fraction of sp³-hybridized carbons (Fsp3) is 0.333. The molecule has 2 heterocycles. The molecule has 0 saturated carbocycles. The molecule has 0 radical (unpaired) electrons. The lowest BCUT2D eigenvalue weighted by molar-refractivity contribution is 0.218. The maximum atomic E-state index is 12.9. The summed E-state index contributed by atoms with van der Waals surface area (Å²) < 4.78 is 12.9. The van der Waals surface area contributed by atoms with Crippen LogP contribution in [0.15, 0.2) is 24.3 Å². The number of thiazole rings is 1. The van der Waals surface area contributed by atoms with Crippen molar-refractivity contribution in [3.05, 3.63) is 46.2 Å². The van der Waals surface area contributed by atoms with Crippen LogP contribution in [0.4, 0.5) is 14.3 Å². The summed E-state index contributed by atoms with van der Waals surface area (Å²) in [6, 6.07) is 6.05. The maximum Gasteiger partial charge on any atom is 0.326 e. The number of aliphatic hydroxyl groups is 1. The van der Waals surface area contributed by atoms with Gasteiger partial charge in [-0.15, -0.1) is 0 Å². The third-order valence-electron chi connectivity index (χ3n) is 3.64. The Bertz CT molecular complexity index is 687. The summed E-state index contributed by atoms with van der Waals surface area (Å²) in [5, 5.41) is 9.85. The van der Waals surface area contributed by atoms with Gasteiger partial charge in [0.05, 0.1) is 17.2 Å². The zero-order chi connectivity index (χ0) is 15.7. The van der Waals surface area contributed by atoms with Crippen molar-refractivity contribution in [3.8, 4) is 0 Å². The first kappa shape index (κ1) is 14.9. The number of anilines is 1. The second kappa shape index (κ2) is 6.02. The van der Waals surface area contributed by atoms with E-state index in [0.717, 1.165) is 16.1 Å². The van der Waals surface area contributed by atoms with Crippen molar-refractivity contribution in [2.24, 2.45) is 0 Å². The fourth-order valence-corrected chi connectivity index (χ4v) is 3.33. The number of nitrogens with zero attached hydrogens (tertiary/aromatic N) is 3. The van der Waals surface area contributed by atoms with E-state index in [9.17, 15) is 14.3 Å². The van der Waals surface area contributed by atoms with Crippen LogP contribution < -0.4 is 4.90 Å². The number of rotatable bonds is 4. The summed E-state index contributed by atoms with van der Waals surface area (Å²) in [6.45, 7) is 3.38. The fourth-order valence-electron chi connectivity index (χ4n) is 2.39. The topological polar surface area (TPSA) is 56.7 Å². The highest BCUT2D eigenvalue weighted by Gasteiger charge is 2.31. The molecule has 0 spiro atoms. The van der Waals surface area contributed by atoms with Gasteiger partial charge >= 0.3 is 6.03 Å². The minimum absolute atomic E-state index is 0.0647. The van der Waals surface area contributed by atoms with Crippen molar-refractivity contribution >= 4 is 22.5 Å². The van der Waals surface area contributed by atoms with E-state index in [1.165, 1.54) is 23.5 Å². The van der Waals surface area contributed by atoms with Crippen LogP contribution in [0.5, 0.6) is 0 Å². The number of halogens is 1. The Balaban J connectivity index is 1.72. The van der Waals surface area contributed by atoms with Gasteiger partial charge in [0.25, 0.3) is 0 Å². The highest BCUT2D eigenvalue weighted by molar-refractivity contribution is 7.15. The van der Waals surface area contributed by atoms with Gasteiger partial charge < -0.3 is 10.0 Å². The lowest BCUT2D eigenvalue weighted by atomic mass is 10.2. The van der Waals surface area contributed by atoms with Crippen molar-refractivity contribution in [1.82, 2.24) is 9.88 Å². The van der Waals surface area contributed by atoms with Gasteiger partial charge in [-0.3, -0.25) is 4.90 Å². The predicted molar refractivity (Wildman–Crippen MR) is 82.3 cm³/mol. The smallest absolute Gasteiger partial charge is 0.326 e. The van der Waals surface area contributed by atoms with Gasteiger partial charge in [0.15, 0.2) is 5.13 Å². The van der Waals surface area contributed by atoms with Crippen LogP contribution >= 0.6 is 11.3 Å². The summed E-state index contributed by atoms with van der Waals surface area (Å²) in [4.78, 5) is 20.9. The van der Waals surface area contributed by atoms with Crippen LogP contribution in [-0.4, -0.2) is 34.1 Å². The number of benzene rings is 1. The first-order chi connectivity index (χ1) is 10.6. The number of aryl methyl sites for hydroxylation is 1. The average Bonchev–Trinajstić information content (AvgIpc) is 3.05. The standard InChI is InChI=1S/C15H16FN3O2S/c1-10-13(9-20)22-14(17-10)19-7-6-18(15(19)21)8-11-2-4-12(16)5-3-11/h2-5,20H,6-9H2,1H3. The molecule has 7 heteroatoms. The van der Waals surface area contributed by atoms with E-state index >= 15 is 0 Å². The van der Waals surface area contributed by atoms with E-state index in [-0.39, 0.29) is 18.5 Å². The van der Waals surface area contributed by atoms with Crippen LogP contribution in [0, 0.1) is 12.7 Å². The van der Waals surface area contributed by atoms with Crippen molar-refractivity contribution in [1.29, 1.82) is 0 Å². The second-order valence-electron chi connectivity index (χ2n) is 5.15. The largest absolute Gasteiger partial charge is 0.391 e. The van der Waals surface area contributed by atoms with Gasteiger partial charge in [-0.25, -0.2) is 14.2 Å². The predicted octanol–water partition coefficient (Wildman–Crippen LogP) is 2.53. The molecule has 0 aliphatic carbocycles. The van der Waals surface area contributed by atoms with Crippen molar-refractivity contribution < 1.29 is 14.3 Å². The summed E-state index contributed by atoms with van der Waals surface area (Å²) in [7, 11) is 0. The molecule has 1 saturated heterocycles. The summed E-state index contributed by atoms with van der Waals surface area (Å²) >= 11 is 1.34. The molecule has 5 nitrogen and oxygen atoms in total. The van der Waals surface area contributed by atoms with Crippen LogP contribution in [0.25, 0.3) is 0 Å². The van der Waals surface area contributed by atoms with Gasteiger partial charge in [0, 0.05) is 19.6 Å². The minimum Gasteiger partial charge on any atom is -0.391 e. The molecule has 3 rings (SSSR count). The monoisotopic (exact) mass is 321 g/mol. The van der Waals surface area contributed by atoms with E-state index in [1.54, 1.807) is 21.9 Å². The first-order valence-electron chi connectivity index (χ1n) is 6.96. The van der Waals surface area contributed by atoms with Gasteiger partial charge in [-0.2, -0.15) is 0 Å². The lowest BCUT2D eigenvalue weighted by Crippen LogP contribution is -2.31. The summed E-state index contributed by atoms with van der Waals surface area (Å²) in [6.07, 6.45) is 0. The van der Waals surface area contributed by atoms with E-state index in [1.807, 2.05) is 6.92 Å². The molecule has 1 aromatic carbocycles. The van der Waals surface area contributed by atoms with Crippen molar-refractivity contribution in [2.75, 3.05) is 18.0 Å². The van der Waals surface area contributed by atoms with Gasteiger partial charge in [-0.05, 0) is 24.6 Å².